The molecule has 0 aromatic heterocycles. The summed E-state index contributed by atoms with van der Waals surface area (Å²) < 4.78 is 1.15. The van der Waals surface area contributed by atoms with Crippen LogP contribution in [-0.4, -0.2) is 32.1 Å². The Balaban J connectivity index is 2.11. The summed E-state index contributed by atoms with van der Waals surface area (Å²) in [5.74, 6) is 0. The summed E-state index contributed by atoms with van der Waals surface area (Å²) in [5, 5.41) is 6.06. The van der Waals surface area contributed by atoms with Crippen molar-refractivity contribution in [2.75, 3.05) is 32.5 Å². The Bertz CT molecular complexity index is 523. The molecule has 0 bridgehead atoms. The molecule has 0 radical (unpaired) electrons. The van der Waals surface area contributed by atoms with Gasteiger partial charge in [0.15, 0.2) is 0 Å². The van der Waals surface area contributed by atoms with Crippen molar-refractivity contribution in [3.05, 3.63) is 40.9 Å². The number of nitrogens with zero attached hydrogens (tertiary/aromatic N) is 1. The van der Waals surface area contributed by atoms with Crippen LogP contribution in [0.25, 0.3) is 10.8 Å². The molecule has 2 aromatic rings. The summed E-state index contributed by atoms with van der Waals surface area (Å²) in [5.41, 5.74) is 1.22. The van der Waals surface area contributed by atoms with Crippen molar-refractivity contribution in [3.8, 4) is 0 Å². The van der Waals surface area contributed by atoms with Crippen LogP contribution in [0.2, 0.25) is 0 Å². The topological polar surface area (TPSA) is 15.3 Å². The van der Waals surface area contributed by atoms with E-state index >= 15 is 0 Å². The zero-order valence-corrected chi connectivity index (χ0v) is 12.5. The van der Waals surface area contributed by atoms with E-state index in [9.17, 15) is 0 Å². The molecule has 0 unspecified atom stereocenters. The Hall–Kier alpha value is -1.06. The van der Waals surface area contributed by atoms with Crippen molar-refractivity contribution in [1.82, 2.24) is 4.90 Å². The van der Waals surface area contributed by atoms with Gasteiger partial charge in [0.1, 0.15) is 0 Å². The first kappa shape index (κ1) is 13.4. The van der Waals surface area contributed by atoms with Gasteiger partial charge in [-0.2, -0.15) is 0 Å². The van der Waals surface area contributed by atoms with Crippen LogP contribution in [-0.2, 0) is 0 Å². The van der Waals surface area contributed by atoms with E-state index in [4.69, 9.17) is 0 Å². The Kier molecular flexibility index (Phi) is 4.61. The average Bonchev–Trinajstić information content (AvgIpc) is 2.37. The Morgan fingerprint density at radius 3 is 2.50 bits per heavy atom. The van der Waals surface area contributed by atoms with Crippen molar-refractivity contribution in [3.63, 3.8) is 0 Å². The minimum absolute atomic E-state index is 1.00. The van der Waals surface area contributed by atoms with Crippen molar-refractivity contribution in [1.29, 1.82) is 0 Å². The third-order valence-corrected chi connectivity index (χ3v) is 3.66. The van der Waals surface area contributed by atoms with E-state index in [2.05, 4.69) is 76.6 Å². The second kappa shape index (κ2) is 6.21. The first-order valence-electron chi connectivity index (χ1n) is 6.24. The number of anilines is 1. The van der Waals surface area contributed by atoms with Crippen LogP contribution in [0.3, 0.4) is 0 Å². The monoisotopic (exact) mass is 306 g/mol. The third-order valence-electron chi connectivity index (χ3n) is 2.97. The molecule has 0 aliphatic rings. The number of benzene rings is 2. The third kappa shape index (κ3) is 3.24. The number of hydrogen-bond donors (Lipinski definition) is 1. The highest BCUT2D eigenvalue weighted by molar-refractivity contribution is 9.10. The average molecular weight is 307 g/mol. The molecule has 0 aliphatic carbocycles. The van der Waals surface area contributed by atoms with E-state index in [0.717, 1.165) is 24.0 Å². The molecule has 2 rings (SSSR count). The molecule has 96 valence electrons. The fourth-order valence-electron chi connectivity index (χ4n) is 2.03. The van der Waals surface area contributed by atoms with Gasteiger partial charge in [0.05, 0.1) is 0 Å². The Morgan fingerprint density at radius 1 is 1.06 bits per heavy atom. The molecule has 2 nitrogen and oxygen atoms in total. The van der Waals surface area contributed by atoms with Gasteiger partial charge >= 0.3 is 0 Å². The standard InChI is InChI=1S/C15H19BrN2/c1-18(2)11-5-10-17-15-9-8-14(16)12-6-3-4-7-13(12)15/h3-4,6-9,17H,5,10-11H2,1-2H3. The fourth-order valence-corrected chi connectivity index (χ4v) is 2.51. The van der Waals surface area contributed by atoms with E-state index < -0.39 is 0 Å². The van der Waals surface area contributed by atoms with Crippen molar-refractivity contribution in [2.45, 2.75) is 6.42 Å². The van der Waals surface area contributed by atoms with E-state index in [0.29, 0.717) is 0 Å². The zero-order valence-electron chi connectivity index (χ0n) is 10.9. The molecule has 0 atom stereocenters. The largest absolute Gasteiger partial charge is 0.384 e. The molecule has 3 heteroatoms. The number of fused-ring (bicyclic) bond motifs is 1. The number of rotatable bonds is 5. The molecule has 1 N–H and O–H groups in total. The molecule has 0 heterocycles. The van der Waals surface area contributed by atoms with Gasteiger partial charge in [-0.15, -0.1) is 0 Å². The van der Waals surface area contributed by atoms with E-state index in [1.54, 1.807) is 0 Å². The van der Waals surface area contributed by atoms with Crippen LogP contribution >= 0.6 is 15.9 Å². The van der Waals surface area contributed by atoms with Crippen LogP contribution in [0.1, 0.15) is 6.42 Å². The van der Waals surface area contributed by atoms with Gasteiger partial charge in [-0.25, -0.2) is 0 Å². The maximum absolute atomic E-state index is 3.60. The van der Waals surface area contributed by atoms with Crippen LogP contribution in [0.5, 0.6) is 0 Å². The van der Waals surface area contributed by atoms with Crippen molar-refractivity contribution >= 4 is 32.4 Å². The lowest BCUT2D eigenvalue weighted by Crippen LogP contribution is -2.16. The van der Waals surface area contributed by atoms with Crippen molar-refractivity contribution in [2.24, 2.45) is 0 Å². The van der Waals surface area contributed by atoms with Crippen LogP contribution in [0.15, 0.2) is 40.9 Å². The highest BCUT2D eigenvalue weighted by Crippen LogP contribution is 2.29. The Morgan fingerprint density at radius 2 is 1.78 bits per heavy atom. The minimum Gasteiger partial charge on any atom is -0.384 e. The Labute approximate surface area is 117 Å². The van der Waals surface area contributed by atoms with Gasteiger partial charge in [-0.05, 0) is 44.6 Å². The van der Waals surface area contributed by atoms with E-state index in [1.807, 2.05) is 0 Å². The van der Waals surface area contributed by atoms with Gasteiger partial charge in [-0.1, -0.05) is 40.2 Å². The second-order valence-corrected chi connectivity index (χ2v) is 5.58. The molecule has 0 amide bonds. The fraction of sp³-hybridized carbons (Fsp3) is 0.333. The lowest BCUT2D eigenvalue weighted by atomic mass is 10.1. The summed E-state index contributed by atoms with van der Waals surface area (Å²) in [4.78, 5) is 2.21. The predicted molar refractivity (Wildman–Crippen MR) is 83.3 cm³/mol. The number of halogens is 1. The van der Waals surface area contributed by atoms with Gasteiger partial charge in [0, 0.05) is 22.1 Å². The second-order valence-electron chi connectivity index (χ2n) is 4.72. The molecular formula is C15H19BrN2. The quantitative estimate of drug-likeness (QED) is 0.841. The highest BCUT2D eigenvalue weighted by Gasteiger charge is 2.03. The molecule has 0 spiro atoms. The lowest BCUT2D eigenvalue weighted by molar-refractivity contribution is 0.405. The maximum Gasteiger partial charge on any atom is 0.0420 e. The molecule has 0 aliphatic heterocycles. The van der Waals surface area contributed by atoms with Gasteiger partial charge in [0.25, 0.3) is 0 Å². The normalized spacial score (nSPS) is 11.1. The van der Waals surface area contributed by atoms with Crippen molar-refractivity contribution < 1.29 is 0 Å². The molecule has 0 fully saturated rings. The first-order chi connectivity index (χ1) is 8.68. The smallest absolute Gasteiger partial charge is 0.0420 e. The van der Waals surface area contributed by atoms with Crippen LogP contribution < -0.4 is 5.32 Å². The SMILES string of the molecule is CN(C)CCCNc1ccc(Br)c2ccccc12. The summed E-state index contributed by atoms with van der Waals surface area (Å²) in [6.45, 7) is 2.12. The summed E-state index contributed by atoms with van der Waals surface area (Å²) in [7, 11) is 4.21. The number of hydrogen-bond acceptors (Lipinski definition) is 2. The highest BCUT2D eigenvalue weighted by atomic mass is 79.9. The molecule has 0 saturated heterocycles. The zero-order chi connectivity index (χ0) is 13.0. The van der Waals surface area contributed by atoms with E-state index in [-0.39, 0.29) is 0 Å². The first-order valence-corrected chi connectivity index (χ1v) is 7.03. The molecule has 0 saturated carbocycles. The molecular weight excluding hydrogens is 288 g/mol. The summed E-state index contributed by atoms with van der Waals surface area (Å²) >= 11 is 3.60. The minimum atomic E-state index is 1.00. The molecule has 2 aromatic carbocycles. The summed E-state index contributed by atoms with van der Waals surface area (Å²) in [6.07, 6.45) is 1.15. The van der Waals surface area contributed by atoms with Crippen LogP contribution in [0, 0.1) is 0 Å². The maximum atomic E-state index is 3.60. The molecule has 18 heavy (non-hydrogen) atoms. The van der Waals surface area contributed by atoms with Gasteiger partial charge < -0.3 is 10.2 Å². The van der Waals surface area contributed by atoms with E-state index in [1.165, 1.54) is 16.5 Å². The van der Waals surface area contributed by atoms with Gasteiger partial charge in [-0.3, -0.25) is 0 Å². The predicted octanol–water partition coefficient (Wildman–Crippen LogP) is 3.97. The van der Waals surface area contributed by atoms with Gasteiger partial charge in [0.2, 0.25) is 0 Å². The van der Waals surface area contributed by atoms with Crippen LogP contribution in [0.4, 0.5) is 5.69 Å². The summed E-state index contributed by atoms with van der Waals surface area (Å²) in [6, 6.07) is 12.7. The lowest BCUT2D eigenvalue weighted by Gasteiger charge is -2.13. The number of nitrogens with one attached hydrogen (secondary N) is 1.